The van der Waals surface area contributed by atoms with E-state index in [4.69, 9.17) is 9.84 Å². The van der Waals surface area contributed by atoms with E-state index in [1.807, 2.05) is 12.1 Å². The smallest absolute Gasteiger partial charge is 0.212 e. The van der Waals surface area contributed by atoms with Crippen LogP contribution in [0.3, 0.4) is 0 Å². The highest BCUT2D eigenvalue weighted by Crippen LogP contribution is 2.15. The summed E-state index contributed by atoms with van der Waals surface area (Å²) >= 11 is 1.41. The lowest BCUT2D eigenvalue weighted by atomic mass is 10.4. The van der Waals surface area contributed by atoms with Crippen molar-refractivity contribution in [3.63, 3.8) is 0 Å². The van der Waals surface area contributed by atoms with Crippen molar-refractivity contribution in [1.29, 1.82) is 0 Å². The van der Waals surface area contributed by atoms with Crippen molar-refractivity contribution in [3.05, 3.63) is 21.9 Å². The van der Waals surface area contributed by atoms with Crippen LogP contribution in [0.25, 0.3) is 0 Å². The number of thiophene rings is 1. The monoisotopic (exact) mass is 303 g/mol. The van der Waals surface area contributed by atoms with Gasteiger partial charge in [0.1, 0.15) is 6.61 Å². The Morgan fingerprint density at radius 1 is 1.47 bits per heavy atom. The van der Waals surface area contributed by atoms with Gasteiger partial charge in [-0.3, -0.25) is 0 Å². The fourth-order valence-corrected chi connectivity index (χ4v) is 3.24. The second kappa shape index (κ2) is 8.30. The molecule has 1 aromatic rings. The molecule has 0 amide bonds. The molecule has 0 aliphatic carbocycles. The molecule has 0 aromatic carbocycles. The SMILES string of the molecule is COCCCS(=O)(=O)NCc1ccc(C#CCO)s1. The summed E-state index contributed by atoms with van der Waals surface area (Å²) in [5.41, 5.74) is 0. The van der Waals surface area contributed by atoms with Gasteiger partial charge in [-0.25, -0.2) is 13.1 Å². The van der Waals surface area contributed by atoms with Crippen molar-refractivity contribution in [2.45, 2.75) is 13.0 Å². The molecule has 0 aliphatic rings. The largest absolute Gasteiger partial charge is 0.385 e. The molecule has 0 spiro atoms. The number of hydrogen-bond acceptors (Lipinski definition) is 5. The third-order valence-electron chi connectivity index (χ3n) is 2.18. The first kappa shape index (κ1) is 16.1. The molecule has 0 saturated carbocycles. The highest BCUT2D eigenvalue weighted by Gasteiger charge is 2.10. The second-order valence-electron chi connectivity index (χ2n) is 3.71. The molecule has 1 rings (SSSR count). The minimum absolute atomic E-state index is 0.0589. The third-order valence-corrected chi connectivity index (χ3v) is 4.59. The molecule has 7 heteroatoms. The van der Waals surface area contributed by atoms with Crippen LogP contribution in [-0.4, -0.2) is 39.6 Å². The number of sulfonamides is 1. The van der Waals surface area contributed by atoms with E-state index in [2.05, 4.69) is 16.6 Å². The minimum Gasteiger partial charge on any atom is -0.385 e. The topological polar surface area (TPSA) is 75.6 Å². The Kier molecular flexibility index (Phi) is 7.05. The Balaban J connectivity index is 2.45. The maximum atomic E-state index is 11.6. The molecule has 0 atom stereocenters. The lowest BCUT2D eigenvalue weighted by Crippen LogP contribution is -2.26. The fraction of sp³-hybridized carbons (Fsp3) is 0.500. The quantitative estimate of drug-likeness (QED) is 0.570. The van der Waals surface area contributed by atoms with Crippen molar-refractivity contribution < 1.29 is 18.3 Å². The van der Waals surface area contributed by atoms with Crippen LogP contribution in [0, 0.1) is 11.8 Å². The van der Waals surface area contributed by atoms with Crippen LogP contribution in [0.4, 0.5) is 0 Å². The maximum absolute atomic E-state index is 11.6. The van der Waals surface area contributed by atoms with E-state index >= 15 is 0 Å². The molecule has 0 fully saturated rings. The van der Waals surface area contributed by atoms with Gasteiger partial charge in [0.2, 0.25) is 10.0 Å². The molecule has 0 unspecified atom stereocenters. The molecule has 5 nitrogen and oxygen atoms in total. The summed E-state index contributed by atoms with van der Waals surface area (Å²) in [4.78, 5) is 1.69. The summed E-state index contributed by atoms with van der Waals surface area (Å²) in [5, 5.41) is 8.58. The maximum Gasteiger partial charge on any atom is 0.212 e. The lowest BCUT2D eigenvalue weighted by Gasteiger charge is -2.04. The number of methoxy groups -OCH3 is 1. The van der Waals surface area contributed by atoms with E-state index in [0.29, 0.717) is 13.0 Å². The van der Waals surface area contributed by atoms with E-state index in [1.165, 1.54) is 11.3 Å². The number of ether oxygens (including phenoxy) is 1. The van der Waals surface area contributed by atoms with Crippen LogP contribution in [0.5, 0.6) is 0 Å². The molecule has 106 valence electrons. The van der Waals surface area contributed by atoms with Gasteiger partial charge in [0.25, 0.3) is 0 Å². The Bertz CT molecular complexity index is 540. The number of aliphatic hydroxyl groups is 1. The van der Waals surface area contributed by atoms with Gasteiger partial charge in [-0.1, -0.05) is 11.8 Å². The summed E-state index contributed by atoms with van der Waals surface area (Å²) < 4.78 is 30.6. The van der Waals surface area contributed by atoms with Crippen molar-refractivity contribution >= 4 is 21.4 Å². The van der Waals surface area contributed by atoms with Crippen LogP contribution < -0.4 is 4.72 Å². The summed E-state index contributed by atoms with van der Waals surface area (Å²) in [5.74, 6) is 5.39. The van der Waals surface area contributed by atoms with Crippen molar-refractivity contribution in [2.75, 3.05) is 26.1 Å². The van der Waals surface area contributed by atoms with Crippen molar-refractivity contribution in [2.24, 2.45) is 0 Å². The van der Waals surface area contributed by atoms with Crippen LogP contribution in [0.2, 0.25) is 0 Å². The Morgan fingerprint density at radius 3 is 2.95 bits per heavy atom. The summed E-state index contributed by atoms with van der Waals surface area (Å²) in [6.07, 6.45) is 0.476. The van der Waals surface area contributed by atoms with Gasteiger partial charge in [0.15, 0.2) is 0 Å². The first-order valence-corrected chi connectivity index (χ1v) is 8.19. The second-order valence-corrected chi connectivity index (χ2v) is 6.81. The van der Waals surface area contributed by atoms with Gasteiger partial charge in [0, 0.05) is 25.1 Å². The molecule has 0 bridgehead atoms. The summed E-state index contributed by atoms with van der Waals surface area (Å²) in [6, 6.07) is 3.63. The number of nitrogens with one attached hydrogen (secondary N) is 1. The molecule has 0 saturated heterocycles. The van der Waals surface area contributed by atoms with Gasteiger partial charge < -0.3 is 9.84 Å². The van der Waals surface area contributed by atoms with Crippen molar-refractivity contribution in [1.82, 2.24) is 4.72 Å². The molecule has 0 radical (unpaired) electrons. The number of hydrogen-bond donors (Lipinski definition) is 2. The van der Waals surface area contributed by atoms with Crippen LogP contribution in [0.1, 0.15) is 16.2 Å². The van der Waals surface area contributed by atoms with E-state index in [1.54, 1.807) is 7.11 Å². The standard InChI is InChI=1S/C12H17NO4S2/c1-17-8-3-9-19(15,16)13-10-12-6-5-11(18-12)4-2-7-14/h5-6,13-14H,3,7-10H2,1H3. The number of aliphatic hydroxyl groups excluding tert-OH is 1. The Morgan fingerprint density at radius 2 is 2.26 bits per heavy atom. The highest BCUT2D eigenvalue weighted by molar-refractivity contribution is 7.89. The van der Waals surface area contributed by atoms with Gasteiger partial charge in [-0.2, -0.15) is 0 Å². The molecular weight excluding hydrogens is 286 g/mol. The van der Waals surface area contributed by atoms with E-state index in [9.17, 15) is 8.42 Å². The molecule has 0 aliphatic heterocycles. The molecule has 1 aromatic heterocycles. The van der Waals surface area contributed by atoms with E-state index < -0.39 is 10.0 Å². The molecule has 2 N–H and O–H groups in total. The predicted molar refractivity (Wildman–Crippen MR) is 75.4 cm³/mol. The lowest BCUT2D eigenvalue weighted by molar-refractivity contribution is 0.199. The minimum atomic E-state index is -3.26. The fourth-order valence-electron chi connectivity index (χ4n) is 1.31. The third kappa shape index (κ3) is 6.71. The number of rotatable bonds is 7. The zero-order valence-corrected chi connectivity index (χ0v) is 12.3. The van der Waals surface area contributed by atoms with Crippen LogP contribution in [0.15, 0.2) is 12.1 Å². The average molecular weight is 303 g/mol. The first-order chi connectivity index (χ1) is 9.07. The van der Waals surface area contributed by atoms with Gasteiger partial charge in [-0.15, -0.1) is 11.3 Å². The van der Waals surface area contributed by atoms with Gasteiger partial charge in [-0.05, 0) is 18.6 Å². The molecular formula is C12H17NO4S2. The van der Waals surface area contributed by atoms with E-state index in [-0.39, 0.29) is 18.9 Å². The van der Waals surface area contributed by atoms with Crippen molar-refractivity contribution in [3.8, 4) is 11.8 Å². The zero-order valence-electron chi connectivity index (χ0n) is 10.7. The first-order valence-electron chi connectivity index (χ1n) is 5.72. The zero-order chi connectivity index (χ0) is 14.1. The van der Waals surface area contributed by atoms with Crippen LogP contribution in [-0.2, 0) is 21.3 Å². The Hall–Kier alpha value is -0.910. The van der Waals surface area contributed by atoms with Crippen LogP contribution >= 0.6 is 11.3 Å². The highest BCUT2D eigenvalue weighted by atomic mass is 32.2. The average Bonchev–Trinajstić information content (AvgIpc) is 2.82. The molecule has 1 heterocycles. The predicted octanol–water partition coefficient (Wildman–Crippen LogP) is 0.548. The summed E-state index contributed by atoms with van der Waals surface area (Å²) in [7, 11) is -1.72. The van der Waals surface area contributed by atoms with Gasteiger partial charge >= 0.3 is 0 Å². The summed E-state index contributed by atoms with van der Waals surface area (Å²) in [6.45, 7) is 0.515. The van der Waals surface area contributed by atoms with Gasteiger partial charge in [0.05, 0.1) is 10.6 Å². The molecule has 19 heavy (non-hydrogen) atoms. The van der Waals surface area contributed by atoms with E-state index in [0.717, 1.165) is 9.75 Å². The Labute approximate surface area is 117 Å². The normalized spacial score (nSPS) is 11.1.